The van der Waals surface area contributed by atoms with Gasteiger partial charge in [0.25, 0.3) is 0 Å². The van der Waals surface area contributed by atoms with Crippen molar-refractivity contribution in [2.45, 2.75) is 277 Å². The minimum Gasteiger partial charge on any atom is -0.394 e. The molecule has 27 rings (SSSR count). The van der Waals surface area contributed by atoms with Gasteiger partial charge in [0.15, 0.2) is 56.6 Å². The summed E-state index contributed by atoms with van der Waals surface area (Å²) in [6.07, 6.45) is -78.9. The molecule has 96 heavy (non-hydrogen) atoms. The summed E-state index contributed by atoms with van der Waals surface area (Å²) in [6.45, 7) is -7.76. The van der Waals surface area contributed by atoms with Crippen LogP contribution in [0.15, 0.2) is 0 Å². The Morgan fingerprint density at radius 3 is 1.01 bits per heavy atom. The number of hydrogen-bond acceptors (Lipinski definition) is 42. The smallest absolute Gasteiger partial charge is 0.187 e. The summed E-state index contributed by atoms with van der Waals surface area (Å²) in [5, 5.41) is 267. The molecule has 0 aromatic carbocycles. The van der Waals surface area contributed by atoms with Crippen molar-refractivity contribution in [3.63, 3.8) is 0 Å². The van der Waals surface area contributed by atoms with Crippen LogP contribution in [0.3, 0.4) is 0 Å². The standard InChI is InChI=1S/C54H90O42/c1-54(78)44(77)53-88-23(11-62)45(54)96-47-32(71)26(65)24(12-79-47)89-49-33(72)27(66)39(18(6-57)83-49)90-25-3-13(63)38(17(5-56)80-25)91-50-35(74)29(68)40(19(7-58)85-50)92-46-14(64)2-15(16(4-55)82-46)81-48-34(73)28(67)41(20(8-59)84-48)93-51-36(75)30(69)42(21(9-60)86-51)94-52-37(76)31(70)43(95-53)22(10-61)87-52/h13-53,55-78H,2-12H2,1H3/t13-,14?,15-,16?,17?,18?,19?,20?,21?,22?,23?,24+,25-,26+,27-,28-,29-,30-,31-,32?,33?,34?,35?,36?,37?,38-,39+,40+,41+,42+,43+,44?,45+,46+,47+,48-,49+,50+,51+,52+,53+,54-/m1/s1. The fraction of sp³-hybridized carbons (Fsp3) is 1.00. The van der Waals surface area contributed by atoms with Crippen molar-refractivity contribution >= 4 is 0 Å². The fourth-order valence-electron chi connectivity index (χ4n) is 13.3. The van der Waals surface area contributed by atoms with E-state index in [1.165, 1.54) is 0 Å². The van der Waals surface area contributed by atoms with E-state index in [2.05, 4.69) is 0 Å². The molecule has 42 nitrogen and oxygen atoms in total. The Morgan fingerprint density at radius 2 is 0.594 bits per heavy atom. The Morgan fingerprint density at radius 1 is 0.271 bits per heavy atom. The molecule has 27 aliphatic rings. The normalized spacial score (nSPS) is 55.2. The molecule has 0 amide bonds. The Bertz CT molecular complexity index is 2390. The first-order valence-corrected chi connectivity index (χ1v) is 31.2. The SMILES string of the molecule is C[C@@]1(O)C(O)[C@H]2OC(CO)[C@@H]1O[C@@H]1OC[C@H](O[C@@H]3OC(CO)[C@H](O[C@@H]4C[C@@H](O)[C@@H](O[C@@H]5OC(CO)[C@H](O[C@@H]6OC(CO)[C@@H](CC6O)O[C@@H]6OC(CO)[C@H](O[C@@H]7OC(CO)[C@H](O[C@@H]8OC(CO)[C@H](O2)[C@H](O)C8O)[C@H](O)C7O)[C@H](O)C6O)[C@H](O)C5O)C(CO)O4)[C@H](O)C3O)[C@H](O)C1O. The highest BCUT2D eigenvalue weighted by atomic mass is 16.8. The Hall–Kier alpha value is -1.68. The molecule has 0 aliphatic carbocycles. The molecule has 0 spiro atoms. The van der Waals surface area contributed by atoms with Crippen LogP contribution in [0.2, 0.25) is 0 Å². The van der Waals surface area contributed by atoms with Crippen LogP contribution in [-0.4, -0.2) is 440 Å². The molecular formula is C54H90O42. The fourth-order valence-corrected chi connectivity index (χ4v) is 13.3. The van der Waals surface area contributed by atoms with Crippen LogP contribution in [0.25, 0.3) is 0 Å². The third-order valence-corrected chi connectivity index (χ3v) is 18.8. The topological polar surface area (TPSA) is 652 Å². The van der Waals surface area contributed by atoms with Crippen LogP contribution in [0, 0.1) is 0 Å². The van der Waals surface area contributed by atoms with E-state index >= 15 is 0 Å². The van der Waals surface area contributed by atoms with E-state index in [-0.39, 0.29) is 0 Å². The molecular weight excluding hydrogens is 1320 g/mol. The zero-order chi connectivity index (χ0) is 69.7. The molecule has 0 aromatic rings. The lowest BCUT2D eigenvalue weighted by Crippen LogP contribution is -2.70. The van der Waals surface area contributed by atoms with Crippen molar-refractivity contribution in [2.24, 2.45) is 0 Å². The van der Waals surface area contributed by atoms with Crippen molar-refractivity contribution in [1.29, 1.82) is 0 Å². The van der Waals surface area contributed by atoms with Gasteiger partial charge in [-0.3, -0.25) is 0 Å². The molecule has 42 heteroatoms. The summed E-state index contributed by atoms with van der Waals surface area (Å²) in [4.78, 5) is 0. The molecule has 0 aromatic heterocycles. The van der Waals surface area contributed by atoms with Gasteiger partial charge in [-0.25, -0.2) is 0 Å². The van der Waals surface area contributed by atoms with Gasteiger partial charge in [0, 0.05) is 12.8 Å². The molecule has 27 saturated heterocycles. The van der Waals surface area contributed by atoms with Gasteiger partial charge in [-0.1, -0.05) is 0 Å². The van der Waals surface area contributed by atoms with Crippen molar-refractivity contribution in [3.05, 3.63) is 0 Å². The number of hydrogen-bond donors (Lipinski definition) is 24. The largest absolute Gasteiger partial charge is 0.394 e. The number of rotatable bonds is 8. The Labute approximate surface area is 543 Å². The van der Waals surface area contributed by atoms with Gasteiger partial charge in [0.2, 0.25) is 0 Å². The molecule has 42 atom stereocenters. The lowest BCUT2D eigenvalue weighted by molar-refractivity contribution is -0.402. The van der Waals surface area contributed by atoms with Gasteiger partial charge in [0.05, 0.1) is 71.7 Å². The second-order valence-corrected chi connectivity index (χ2v) is 25.2. The highest BCUT2D eigenvalue weighted by Gasteiger charge is 2.61. The summed E-state index contributed by atoms with van der Waals surface area (Å²) >= 11 is 0. The number of aliphatic hydroxyl groups excluding tert-OH is 23. The maximum absolute atomic E-state index is 11.8. The average molecular weight is 1410 g/mol. The third kappa shape index (κ3) is 15.4. The molecule has 558 valence electrons. The first kappa shape index (κ1) is 76.9. The maximum Gasteiger partial charge on any atom is 0.187 e. The molecule has 16 unspecified atom stereocenters. The Balaban J connectivity index is 0.877. The monoisotopic (exact) mass is 1410 g/mol. The molecule has 0 radical (unpaired) electrons. The molecule has 27 heterocycles. The van der Waals surface area contributed by atoms with Gasteiger partial charge < -0.3 is 208 Å². The van der Waals surface area contributed by atoms with E-state index in [1.54, 1.807) is 0 Å². The van der Waals surface area contributed by atoms with Gasteiger partial charge in [-0.2, -0.15) is 0 Å². The van der Waals surface area contributed by atoms with Gasteiger partial charge >= 0.3 is 0 Å². The lowest BCUT2D eigenvalue weighted by Gasteiger charge is -2.51. The first-order valence-electron chi connectivity index (χ1n) is 31.2. The quantitative estimate of drug-likeness (QED) is 0.107. The summed E-state index contributed by atoms with van der Waals surface area (Å²) in [5.41, 5.74) is -2.60. The van der Waals surface area contributed by atoms with Crippen molar-refractivity contribution < 1.29 is 208 Å². The minimum absolute atomic E-state index is 0.540. The van der Waals surface area contributed by atoms with Gasteiger partial charge in [-0.15, -0.1) is 0 Å². The summed E-state index contributed by atoms with van der Waals surface area (Å²) < 4.78 is 104. The van der Waals surface area contributed by atoms with Crippen LogP contribution < -0.4 is 0 Å². The summed E-state index contributed by atoms with van der Waals surface area (Å²) in [6, 6.07) is 0. The van der Waals surface area contributed by atoms with Crippen LogP contribution in [-0.2, 0) is 85.3 Å². The van der Waals surface area contributed by atoms with Crippen LogP contribution in [0.1, 0.15) is 19.8 Å². The zero-order valence-electron chi connectivity index (χ0n) is 51.0. The zero-order valence-corrected chi connectivity index (χ0v) is 51.0. The predicted molar refractivity (Wildman–Crippen MR) is 290 cm³/mol. The highest BCUT2D eigenvalue weighted by Crippen LogP contribution is 2.41. The molecule has 27 aliphatic heterocycles. The predicted octanol–water partition coefficient (Wildman–Crippen LogP) is -16.5. The second-order valence-electron chi connectivity index (χ2n) is 25.2. The van der Waals surface area contributed by atoms with Crippen LogP contribution in [0.5, 0.6) is 0 Å². The van der Waals surface area contributed by atoms with E-state index in [0.29, 0.717) is 0 Å². The maximum atomic E-state index is 11.8. The lowest BCUT2D eigenvalue weighted by atomic mass is 9.85. The number of aliphatic hydroxyl groups is 24. The van der Waals surface area contributed by atoms with E-state index in [1.807, 2.05) is 0 Å². The van der Waals surface area contributed by atoms with E-state index in [4.69, 9.17) is 85.3 Å². The van der Waals surface area contributed by atoms with Crippen molar-refractivity contribution in [3.8, 4) is 0 Å². The first-order chi connectivity index (χ1) is 45.7. The molecule has 24 N–H and O–H groups in total. The minimum atomic E-state index is -2.60. The number of ether oxygens (including phenoxy) is 18. The van der Waals surface area contributed by atoms with Crippen LogP contribution in [0.4, 0.5) is 0 Å². The summed E-state index contributed by atoms with van der Waals surface area (Å²) in [7, 11) is 0. The Kier molecular flexibility index (Phi) is 26.1. The van der Waals surface area contributed by atoms with E-state index in [9.17, 15) is 123 Å². The summed E-state index contributed by atoms with van der Waals surface area (Å²) in [5.74, 6) is 0. The van der Waals surface area contributed by atoms with Crippen molar-refractivity contribution in [2.75, 3.05) is 59.5 Å². The average Bonchev–Trinajstić information content (AvgIpc) is 0.766. The van der Waals surface area contributed by atoms with E-state index in [0.717, 1.165) is 6.92 Å². The molecule has 18 bridgehead atoms. The van der Waals surface area contributed by atoms with Gasteiger partial charge in [-0.05, 0) is 6.92 Å². The third-order valence-electron chi connectivity index (χ3n) is 18.8. The molecule has 0 saturated carbocycles. The van der Waals surface area contributed by atoms with Gasteiger partial charge in [0.1, 0.15) is 189 Å². The second kappa shape index (κ2) is 32.5. The van der Waals surface area contributed by atoms with E-state index < -0.39 is 330 Å². The molecule has 27 fully saturated rings. The van der Waals surface area contributed by atoms with Crippen LogP contribution >= 0.6 is 0 Å². The van der Waals surface area contributed by atoms with Crippen molar-refractivity contribution in [1.82, 2.24) is 0 Å². The highest BCUT2D eigenvalue weighted by molar-refractivity contribution is 5.04.